The van der Waals surface area contributed by atoms with Crippen LogP contribution in [-0.2, 0) is 0 Å². The molecule has 0 aliphatic carbocycles. The van der Waals surface area contributed by atoms with E-state index >= 15 is 0 Å². The van der Waals surface area contributed by atoms with Crippen LogP contribution in [0.15, 0.2) is 186 Å². The van der Waals surface area contributed by atoms with Crippen molar-refractivity contribution in [3.05, 3.63) is 193 Å². The lowest BCUT2D eigenvalue weighted by atomic mass is 9.96. The molecule has 0 atom stereocenters. The van der Waals surface area contributed by atoms with Gasteiger partial charge in [-0.2, -0.15) is 0 Å². The number of furan rings is 1. The van der Waals surface area contributed by atoms with E-state index in [1.54, 1.807) is 0 Å². The minimum absolute atomic E-state index is 0.880. The van der Waals surface area contributed by atoms with Gasteiger partial charge in [-0.3, -0.25) is 0 Å². The topological polar surface area (TPSA) is 21.3 Å². The van der Waals surface area contributed by atoms with Gasteiger partial charge in [0, 0.05) is 44.2 Å². The first-order valence-corrected chi connectivity index (χ1v) is 18.2. The Balaban J connectivity index is 1.22. The molecule has 0 fully saturated rings. The monoisotopic (exact) mass is 680 g/mol. The maximum Gasteiger partial charge on any atom is 0.143 e. The SMILES string of the molecule is Cc1cc(-c2ccccc2)cc(C)c1N(c1ccccc1)c1cc(-c2cccc(-n3c4ccccc4c4ccccc43)c2)c2oc3ccccc3c2c1. The lowest BCUT2D eigenvalue weighted by Gasteiger charge is -2.30. The van der Waals surface area contributed by atoms with Gasteiger partial charge in [0.05, 0.1) is 16.7 Å². The van der Waals surface area contributed by atoms with Gasteiger partial charge in [0.1, 0.15) is 11.2 Å². The van der Waals surface area contributed by atoms with Gasteiger partial charge in [0.15, 0.2) is 0 Å². The molecule has 0 unspecified atom stereocenters. The van der Waals surface area contributed by atoms with Gasteiger partial charge in [0.2, 0.25) is 0 Å². The Kier molecular flexibility index (Phi) is 7.26. The zero-order valence-electron chi connectivity index (χ0n) is 29.6. The Labute approximate surface area is 308 Å². The molecule has 252 valence electrons. The molecule has 0 N–H and O–H groups in total. The summed E-state index contributed by atoms with van der Waals surface area (Å²) >= 11 is 0. The molecule has 10 rings (SSSR count). The van der Waals surface area contributed by atoms with Crippen molar-refractivity contribution in [1.29, 1.82) is 0 Å². The van der Waals surface area contributed by atoms with E-state index < -0.39 is 0 Å². The fourth-order valence-electron chi connectivity index (χ4n) is 8.26. The zero-order chi connectivity index (χ0) is 35.5. The first-order valence-electron chi connectivity index (χ1n) is 18.2. The summed E-state index contributed by atoms with van der Waals surface area (Å²) < 4.78 is 9.12. The van der Waals surface area contributed by atoms with Crippen molar-refractivity contribution in [3.8, 4) is 27.9 Å². The fraction of sp³-hybridized carbons (Fsp3) is 0.0400. The normalized spacial score (nSPS) is 11.6. The van der Waals surface area contributed by atoms with E-state index in [1.807, 2.05) is 6.07 Å². The molecule has 2 aromatic heterocycles. The van der Waals surface area contributed by atoms with Crippen LogP contribution in [0.4, 0.5) is 17.1 Å². The number of hydrogen-bond acceptors (Lipinski definition) is 2. The number of hydrogen-bond donors (Lipinski definition) is 0. The molecule has 0 saturated heterocycles. The van der Waals surface area contributed by atoms with Gasteiger partial charge in [0.25, 0.3) is 0 Å². The van der Waals surface area contributed by atoms with Crippen molar-refractivity contribution in [1.82, 2.24) is 4.57 Å². The number of fused-ring (bicyclic) bond motifs is 6. The molecule has 3 heteroatoms. The van der Waals surface area contributed by atoms with Gasteiger partial charge in [-0.15, -0.1) is 0 Å². The first kappa shape index (κ1) is 30.9. The quantitative estimate of drug-likeness (QED) is 0.174. The highest BCUT2D eigenvalue weighted by molar-refractivity contribution is 6.12. The number of benzene rings is 8. The molecule has 3 nitrogen and oxygen atoms in total. The van der Waals surface area contributed by atoms with Crippen LogP contribution in [0.3, 0.4) is 0 Å². The first-order chi connectivity index (χ1) is 26.1. The lowest BCUT2D eigenvalue weighted by molar-refractivity contribution is 0.670. The van der Waals surface area contributed by atoms with E-state index in [-0.39, 0.29) is 0 Å². The fourth-order valence-corrected chi connectivity index (χ4v) is 8.26. The zero-order valence-corrected chi connectivity index (χ0v) is 29.6. The van der Waals surface area contributed by atoms with E-state index in [0.29, 0.717) is 0 Å². The van der Waals surface area contributed by atoms with Crippen LogP contribution in [0.1, 0.15) is 11.1 Å². The largest absolute Gasteiger partial charge is 0.455 e. The second-order valence-corrected chi connectivity index (χ2v) is 13.9. The highest BCUT2D eigenvalue weighted by atomic mass is 16.3. The van der Waals surface area contributed by atoms with Crippen molar-refractivity contribution in [2.45, 2.75) is 13.8 Å². The number of para-hydroxylation sites is 4. The highest BCUT2D eigenvalue weighted by Crippen LogP contribution is 2.46. The van der Waals surface area contributed by atoms with Gasteiger partial charge in [-0.1, -0.05) is 115 Å². The van der Waals surface area contributed by atoms with Crippen LogP contribution in [0.2, 0.25) is 0 Å². The second kappa shape index (κ2) is 12.4. The third-order valence-corrected chi connectivity index (χ3v) is 10.6. The van der Waals surface area contributed by atoms with Crippen molar-refractivity contribution in [2.75, 3.05) is 4.90 Å². The number of aryl methyl sites for hydroxylation is 2. The van der Waals surface area contributed by atoms with Gasteiger partial charge < -0.3 is 13.9 Å². The van der Waals surface area contributed by atoms with Crippen molar-refractivity contribution in [3.63, 3.8) is 0 Å². The van der Waals surface area contributed by atoms with Crippen molar-refractivity contribution < 1.29 is 4.42 Å². The summed E-state index contributed by atoms with van der Waals surface area (Å²) in [6, 6.07) is 65.2. The Morgan fingerprint density at radius 2 is 1.02 bits per heavy atom. The standard InChI is InChI=1S/C50H36N2O/c1-33-28-37(35-16-5-3-6-17-35)29-34(2)49(33)51(38-19-7-4-8-20-38)40-31-44(50-45(32-40)43-24-11-14-27-48(43)53-50)36-18-15-21-39(30-36)52-46-25-12-9-22-41(46)42-23-10-13-26-47(42)52/h3-32H,1-2H3. The molecule has 0 aliphatic rings. The lowest BCUT2D eigenvalue weighted by Crippen LogP contribution is -2.13. The predicted molar refractivity (Wildman–Crippen MR) is 223 cm³/mol. The van der Waals surface area contributed by atoms with E-state index in [2.05, 4.69) is 199 Å². The summed E-state index contributed by atoms with van der Waals surface area (Å²) in [5.74, 6) is 0. The average molecular weight is 681 g/mol. The molecule has 0 spiro atoms. The van der Waals surface area contributed by atoms with Gasteiger partial charge >= 0.3 is 0 Å². The number of nitrogens with zero attached hydrogens (tertiary/aromatic N) is 2. The molecule has 0 saturated carbocycles. The molecule has 2 heterocycles. The number of rotatable bonds is 6. The average Bonchev–Trinajstić information content (AvgIpc) is 3.75. The summed E-state index contributed by atoms with van der Waals surface area (Å²) in [7, 11) is 0. The van der Waals surface area contributed by atoms with Crippen LogP contribution < -0.4 is 4.90 Å². The molecule has 10 aromatic rings. The van der Waals surface area contributed by atoms with Crippen LogP contribution in [0.5, 0.6) is 0 Å². The maximum absolute atomic E-state index is 6.74. The van der Waals surface area contributed by atoms with Crippen LogP contribution >= 0.6 is 0 Å². The Bertz CT molecular complexity index is 2890. The smallest absolute Gasteiger partial charge is 0.143 e. The van der Waals surface area contributed by atoms with Crippen molar-refractivity contribution >= 4 is 60.8 Å². The molecule has 0 aliphatic heterocycles. The van der Waals surface area contributed by atoms with E-state index in [9.17, 15) is 0 Å². The van der Waals surface area contributed by atoms with Crippen LogP contribution in [0, 0.1) is 13.8 Å². The summed E-state index contributed by atoms with van der Waals surface area (Å²) in [5, 5.41) is 4.69. The molecule has 0 amide bonds. The van der Waals surface area contributed by atoms with E-state index in [0.717, 1.165) is 50.1 Å². The Morgan fingerprint density at radius 1 is 0.434 bits per heavy atom. The second-order valence-electron chi connectivity index (χ2n) is 13.9. The summed E-state index contributed by atoms with van der Waals surface area (Å²) in [6.07, 6.45) is 0. The van der Waals surface area contributed by atoms with E-state index in [1.165, 1.54) is 49.7 Å². The van der Waals surface area contributed by atoms with Gasteiger partial charge in [-0.25, -0.2) is 0 Å². The Hall–Kier alpha value is -6.84. The van der Waals surface area contributed by atoms with Gasteiger partial charge in [-0.05, 0) is 108 Å². The Morgan fingerprint density at radius 3 is 1.72 bits per heavy atom. The third-order valence-electron chi connectivity index (χ3n) is 10.6. The summed E-state index contributed by atoms with van der Waals surface area (Å²) in [4.78, 5) is 2.42. The molecule has 0 bridgehead atoms. The highest BCUT2D eigenvalue weighted by Gasteiger charge is 2.23. The van der Waals surface area contributed by atoms with Crippen LogP contribution in [-0.4, -0.2) is 4.57 Å². The predicted octanol–water partition coefficient (Wildman–Crippen LogP) is 14.1. The third kappa shape index (κ3) is 5.12. The molecule has 8 aromatic carbocycles. The molecule has 53 heavy (non-hydrogen) atoms. The summed E-state index contributed by atoms with van der Waals surface area (Å²) in [5.41, 5.74) is 15.6. The van der Waals surface area contributed by atoms with Crippen LogP contribution in [0.25, 0.3) is 71.7 Å². The summed E-state index contributed by atoms with van der Waals surface area (Å²) in [6.45, 7) is 4.46. The minimum Gasteiger partial charge on any atom is -0.455 e. The maximum atomic E-state index is 6.74. The molecular formula is C50H36N2O. The molecule has 0 radical (unpaired) electrons. The van der Waals surface area contributed by atoms with Crippen molar-refractivity contribution in [2.24, 2.45) is 0 Å². The number of anilines is 3. The minimum atomic E-state index is 0.880. The molecular weight excluding hydrogens is 645 g/mol. The number of aromatic nitrogens is 1. The van der Waals surface area contributed by atoms with E-state index in [4.69, 9.17) is 4.42 Å².